The van der Waals surface area contributed by atoms with Gasteiger partial charge >= 0.3 is 0 Å². The summed E-state index contributed by atoms with van der Waals surface area (Å²) in [4.78, 5) is 24.7. The minimum absolute atomic E-state index is 0.135. The lowest BCUT2D eigenvalue weighted by Crippen LogP contribution is -2.34. The van der Waals surface area contributed by atoms with E-state index < -0.39 is 21.8 Å². The molecule has 2 amide bonds. The van der Waals surface area contributed by atoms with Gasteiger partial charge in [-0.2, -0.15) is 0 Å². The predicted molar refractivity (Wildman–Crippen MR) is 101 cm³/mol. The van der Waals surface area contributed by atoms with E-state index in [2.05, 4.69) is 5.32 Å². The van der Waals surface area contributed by atoms with Crippen molar-refractivity contribution >= 4 is 39.1 Å². The highest BCUT2D eigenvalue weighted by Gasteiger charge is 2.42. The molecule has 142 valence electrons. The molecule has 1 saturated carbocycles. The molecule has 1 N–H and O–H groups in total. The number of sulfonamides is 1. The monoisotopic (exact) mass is 398 g/mol. The summed E-state index contributed by atoms with van der Waals surface area (Å²) in [6, 6.07) is 4.45. The second-order valence-electron chi connectivity index (χ2n) is 7.11. The van der Waals surface area contributed by atoms with Crippen molar-refractivity contribution in [3.8, 4) is 0 Å². The molecule has 1 aliphatic carbocycles. The molecule has 1 heterocycles. The van der Waals surface area contributed by atoms with E-state index in [1.165, 1.54) is 31.0 Å². The number of benzene rings is 1. The van der Waals surface area contributed by atoms with Crippen molar-refractivity contribution in [2.24, 2.45) is 5.92 Å². The van der Waals surface area contributed by atoms with Gasteiger partial charge in [0.25, 0.3) is 5.91 Å². The standard InChI is InChI=1S/C18H23ClN2O4S/c1-12-11-26(24,25)21(18(12)23)14-8-9-15(16(19)10-14)17(22)20-13-6-4-2-3-5-7-13/h8-10,12-13H,2-7,11H2,1H3,(H,20,22). The predicted octanol–water partition coefficient (Wildman–Crippen LogP) is 3.11. The molecule has 26 heavy (non-hydrogen) atoms. The van der Waals surface area contributed by atoms with Gasteiger partial charge in [-0.05, 0) is 31.0 Å². The summed E-state index contributed by atoms with van der Waals surface area (Å²) in [6.07, 6.45) is 6.51. The molecule has 1 aromatic rings. The van der Waals surface area contributed by atoms with Gasteiger partial charge in [-0.3, -0.25) is 9.59 Å². The molecule has 1 atom stereocenters. The minimum Gasteiger partial charge on any atom is -0.349 e. The van der Waals surface area contributed by atoms with E-state index >= 15 is 0 Å². The summed E-state index contributed by atoms with van der Waals surface area (Å²) in [5.41, 5.74) is 0.465. The number of halogens is 1. The number of hydrogen-bond donors (Lipinski definition) is 1. The van der Waals surface area contributed by atoms with Crippen molar-refractivity contribution in [2.45, 2.75) is 51.5 Å². The SMILES string of the molecule is CC1CS(=O)(=O)N(c2ccc(C(=O)NC3CCCCCC3)c(Cl)c2)C1=O. The lowest BCUT2D eigenvalue weighted by Gasteiger charge is -2.18. The number of rotatable bonds is 3. The van der Waals surface area contributed by atoms with Gasteiger partial charge < -0.3 is 5.32 Å². The van der Waals surface area contributed by atoms with Crippen LogP contribution in [0.2, 0.25) is 5.02 Å². The molecule has 0 bridgehead atoms. The van der Waals surface area contributed by atoms with E-state index in [-0.39, 0.29) is 34.0 Å². The summed E-state index contributed by atoms with van der Waals surface area (Å²) < 4.78 is 25.2. The van der Waals surface area contributed by atoms with Crippen molar-refractivity contribution in [1.82, 2.24) is 5.32 Å². The number of carbonyl (C=O) groups excluding carboxylic acids is 2. The third-order valence-corrected chi connectivity index (χ3v) is 7.16. The van der Waals surface area contributed by atoms with Crippen LogP contribution >= 0.6 is 11.6 Å². The van der Waals surface area contributed by atoms with Crippen molar-refractivity contribution < 1.29 is 18.0 Å². The number of nitrogens with one attached hydrogen (secondary N) is 1. The Morgan fingerprint density at radius 3 is 2.38 bits per heavy atom. The maximum Gasteiger partial charge on any atom is 0.253 e. The van der Waals surface area contributed by atoms with Crippen molar-refractivity contribution in [3.63, 3.8) is 0 Å². The Kier molecular flexibility index (Phi) is 5.58. The van der Waals surface area contributed by atoms with Gasteiger partial charge in [0.1, 0.15) is 0 Å². The molecule has 2 aliphatic rings. The van der Waals surface area contributed by atoms with Gasteiger partial charge in [0, 0.05) is 6.04 Å². The Bertz CT molecular complexity index is 816. The summed E-state index contributed by atoms with van der Waals surface area (Å²) >= 11 is 6.24. The van der Waals surface area contributed by atoms with E-state index in [1.54, 1.807) is 6.92 Å². The average molecular weight is 399 g/mol. The first-order valence-corrected chi connectivity index (χ1v) is 11.0. The van der Waals surface area contributed by atoms with Crippen molar-refractivity contribution in [2.75, 3.05) is 10.1 Å². The van der Waals surface area contributed by atoms with Gasteiger partial charge in [-0.25, -0.2) is 12.7 Å². The minimum atomic E-state index is -3.69. The Morgan fingerprint density at radius 2 is 1.85 bits per heavy atom. The number of nitrogens with zero attached hydrogens (tertiary/aromatic N) is 1. The van der Waals surface area contributed by atoms with Crippen LogP contribution in [0.4, 0.5) is 5.69 Å². The van der Waals surface area contributed by atoms with E-state index in [1.807, 2.05) is 0 Å². The first kappa shape index (κ1) is 19.2. The second-order valence-corrected chi connectivity index (χ2v) is 9.38. The quantitative estimate of drug-likeness (QED) is 0.793. The molecule has 0 radical (unpaired) electrons. The fourth-order valence-corrected chi connectivity index (χ4v) is 5.66. The smallest absolute Gasteiger partial charge is 0.253 e. The Labute approximate surface area is 158 Å². The highest BCUT2D eigenvalue weighted by Crippen LogP contribution is 2.31. The molecule has 0 aromatic heterocycles. The summed E-state index contributed by atoms with van der Waals surface area (Å²) in [5, 5.41) is 3.15. The highest BCUT2D eigenvalue weighted by molar-refractivity contribution is 7.94. The number of hydrogen-bond acceptors (Lipinski definition) is 4. The summed E-state index contributed by atoms with van der Waals surface area (Å²) in [6.45, 7) is 1.58. The number of anilines is 1. The molecule has 1 aromatic carbocycles. The van der Waals surface area contributed by atoms with Crippen LogP contribution in [0.25, 0.3) is 0 Å². The molecule has 8 heteroatoms. The van der Waals surface area contributed by atoms with Crippen LogP contribution in [0, 0.1) is 5.92 Å². The normalized spacial score (nSPS) is 23.7. The highest BCUT2D eigenvalue weighted by atomic mass is 35.5. The van der Waals surface area contributed by atoms with Crippen LogP contribution < -0.4 is 9.62 Å². The molecule has 1 unspecified atom stereocenters. The fraction of sp³-hybridized carbons (Fsp3) is 0.556. The Balaban J connectivity index is 1.79. The van der Waals surface area contributed by atoms with Gasteiger partial charge in [-0.1, -0.05) is 44.2 Å². The van der Waals surface area contributed by atoms with E-state index in [0.717, 1.165) is 30.0 Å². The van der Waals surface area contributed by atoms with Gasteiger partial charge in [-0.15, -0.1) is 0 Å². The summed E-state index contributed by atoms with van der Waals surface area (Å²) in [5.74, 6) is -1.54. The zero-order valence-electron chi connectivity index (χ0n) is 14.7. The Morgan fingerprint density at radius 1 is 1.19 bits per heavy atom. The van der Waals surface area contributed by atoms with Crippen LogP contribution in [0.3, 0.4) is 0 Å². The fourth-order valence-electron chi connectivity index (χ4n) is 3.59. The molecule has 1 aliphatic heterocycles. The molecule has 3 rings (SSSR count). The molecule has 6 nitrogen and oxygen atoms in total. The zero-order chi connectivity index (χ0) is 18.9. The first-order valence-electron chi connectivity index (χ1n) is 8.97. The maximum atomic E-state index is 12.5. The van der Waals surface area contributed by atoms with Gasteiger partial charge in [0.2, 0.25) is 15.9 Å². The third-order valence-electron chi connectivity index (χ3n) is 4.98. The Hall–Kier alpha value is -1.60. The zero-order valence-corrected chi connectivity index (χ0v) is 16.3. The number of carbonyl (C=O) groups is 2. The van der Waals surface area contributed by atoms with Crippen molar-refractivity contribution in [1.29, 1.82) is 0 Å². The van der Waals surface area contributed by atoms with Gasteiger partial charge in [0.15, 0.2) is 0 Å². The van der Waals surface area contributed by atoms with Crippen LogP contribution in [0.15, 0.2) is 18.2 Å². The second kappa shape index (κ2) is 7.56. The lowest BCUT2D eigenvalue weighted by molar-refractivity contribution is -0.119. The molecular formula is C18H23ClN2O4S. The van der Waals surface area contributed by atoms with Crippen LogP contribution in [-0.4, -0.2) is 32.0 Å². The van der Waals surface area contributed by atoms with Crippen LogP contribution in [0.5, 0.6) is 0 Å². The molecule has 0 spiro atoms. The topological polar surface area (TPSA) is 83.6 Å². The van der Waals surface area contributed by atoms with Crippen LogP contribution in [0.1, 0.15) is 55.8 Å². The van der Waals surface area contributed by atoms with Crippen LogP contribution in [-0.2, 0) is 14.8 Å². The summed E-state index contributed by atoms with van der Waals surface area (Å²) in [7, 11) is -3.69. The molecular weight excluding hydrogens is 376 g/mol. The average Bonchev–Trinajstić information content (AvgIpc) is 2.74. The first-order chi connectivity index (χ1) is 12.3. The molecule has 1 saturated heterocycles. The number of amides is 2. The van der Waals surface area contributed by atoms with Gasteiger partial charge in [0.05, 0.1) is 27.9 Å². The third kappa shape index (κ3) is 3.88. The van der Waals surface area contributed by atoms with Crippen molar-refractivity contribution in [3.05, 3.63) is 28.8 Å². The largest absolute Gasteiger partial charge is 0.349 e. The maximum absolute atomic E-state index is 12.5. The van der Waals surface area contributed by atoms with E-state index in [4.69, 9.17) is 11.6 Å². The van der Waals surface area contributed by atoms with E-state index in [0.29, 0.717) is 0 Å². The van der Waals surface area contributed by atoms with E-state index in [9.17, 15) is 18.0 Å². The lowest BCUT2D eigenvalue weighted by atomic mass is 10.1. The molecule has 2 fully saturated rings.